The molecule has 0 bridgehead atoms. The van der Waals surface area contributed by atoms with Gasteiger partial charge in [-0.15, -0.1) is 0 Å². The molecule has 0 unspecified atom stereocenters. The van der Waals surface area contributed by atoms with Crippen LogP contribution in [0.25, 0.3) is 56.1 Å². The van der Waals surface area contributed by atoms with E-state index in [0.717, 1.165) is 61.4 Å². The van der Waals surface area contributed by atoms with E-state index in [-0.39, 0.29) is 16.6 Å². The van der Waals surface area contributed by atoms with Crippen molar-refractivity contribution in [3.63, 3.8) is 0 Å². The van der Waals surface area contributed by atoms with Gasteiger partial charge in [-0.25, -0.2) is 4.98 Å². The van der Waals surface area contributed by atoms with Crippen LogP contribution in [0.1, 0.15) is 52.7 Å². The van der Waals surface area contributed by atoms with Gasteiger partial charge in [-0.2, -0.15) is 0 Å². The molecule has 3 aromatic heterocycles. The van der Waals surface area contributed by atoms with Gasteiger partial charge < -0.3 is 9.67 Å². The molecule has 0 aliphatic heterocycles. The van der Waals surface area contributed by atoms with Crippen molar-refractivity contribution in [2.45, 2.75) is 52.4 Å². The summed E-state index contributed by atoms with van der Waals surface area (Å²) in [6.45, 7) is 13.0. The summed E-state index contributed by atoms with van der Waals surface area (Å²) >= 11 is 0. The van der Waals surface area contributed by atoms with Gasteiger partial charge in [0.2, 0.25) is 0 Å². The summed E-state index contributed by atoms with van der Waals surface area (Å²) in [5.41, 5.74) is 10.1. The maximum absolute atomic E-state index is 11.7. The fraction of sp³-hybridized carbons (Fsp3) is 0.237. The van der Waals surface area contributed by atoms with E-state index in [1.54, 1.807) is 0 Å². The molecule has 1 N–H and O–H groups in total. The van der Waals surface area contributed by atoms with Crippen molar-refractivity contribution in [1.29, 1.82) is 0 Å². The van der Waals surface area contributed by atoms with Crippen LogP contribution in [0.5, 0.6) is 5.75 Å². The van der Waals surface area contributed by atoms with Crippen molar-refractivity contribution in [3.05, 3.63) is 108 Å². The second-order valence-electron chi connectivity index (χ2n) is 13.3. The van der Waals surface area contributed by atoms with Crippen LogP contribution in [-0.4, -0.2) is 24.6 Å². The molecule has 5 nitrogen and oxygen atoms in total. The van der Waals surface area contributed by atoms with Crippen LogP contribution < -0.4 is 0 Å². The number of rotatable bonds is 4. The van der Waals surface area contributed by atoms with Crippen molar-refractivity contribution in [2.75, 3.05) is 0 Å². The number of aromatic nitrogens is 4. The number of benzene rings is 3. The molecule has 43 heavy (non-hydrogen) atoms. The van der Waals surface area contributed by atoms with Crippen molar-refractivity contribution < 1.29 is 5.11 Å². The standard InChI is InChI=1S/C38H38N4O/c1-37(2,3)28-22-29(35(43)30(23-28)38(4,5)6)36-41-34-32(42(36)7)16-18-40-33(34)27-20-25(24-13-9-8-10-14-24)19-26(21-27)31-15-11-12-17-39-31/h8-23,43H,1-7H3. The zero-order chi connectivity index (χ0) is 30.5. The third kappa shape index (κ3) is 5.32. The Morgan fingerprint density at radius 2 is 1.35 bits per heavy atom. The van der Waals surface area contributed by atoms with E-state index in [2.05, 4.69) is 106 Å². The number of imidazole rings is 1. The van der Waals surface area contributed by atoms with Gasteiger partial charge in [0.15, 0.2) is 0 Å². The highest BCUT2D eigenvalue weighted by molar-refractivity contribution is 5.94. The summed E-state index contributed by atoms with van der Waals surface area (Å²) in [7, 11) is 2.01. The van der Waals surface area contributed by atoms with E-state index < -0.39 is 0 Å². The summed E-state index contributed by atoms with van der Waals surface area (Å²) in [4.78, 5) is 14.7. The fourth-order valence-electron chi connectivity index (χ4n) is 5.62. The number of phenols is 1. The maximum Gasteiger partial charge on any atom is 0.144 e. The van der Waals surface area contributed by atoms with E-state index >= 15 is 0 Å². The third-order valence-electron chi connectivity index (χ3n) is 8.10. The van der Waals surface area contributed by atoms with E-state index in [0.29, 0.717) is 5.82 Å². The van der Waals surface area contributed by atoms with E-state index in [1.807, 2.05) is 49.8 Å². The molecule has 0 atom stereocenters. The van der Waals surface area contributed by atoms with Crippen LogP contribution in [0.3, 0.4) is 0 Å². The molecule has 3 aromatic carbocycles. The number of pyridine rings is 2. The number of hydrogen-bond acceptors (Lipinski definition) is 4. The lowest BCUT2D eigenvalue weighted by atomic mass is 9.79. The summed E-state index contributed by atoms with van der Waals surface area (Å²) in [6, 6.07) is 29.0. The van der Waals surface area contributed by atoms with Gasteiger partial charge in [0.05, 0.1) is 22.5 Å². The lowest BCUT2D eigenvalue weighted by Crippen LogP contribution is -2.17. The number of aromatic hydroxyl groups is 1. The topological polar surface area (TPSA) is 63.8 Å². The minimum Gasteiger partial charge on any atom is -0.507 e. The number of fused-ring (bicyclic) bond motifs is 1. The molecule has 0 spiro atoms. The van der Waals surface area contributed by atoms with Crippen LogP contribution >= 0.6 is 0 Å². The Bertz CT molecular complexity index is 1890. The van der Waals surface area contributed by atoms with Gasteiger partial charge in [-0.05, 0) is 70.0 Å². The van der Waals surface area contributed by atoms with Gasteiger partial charge >= 0.3 is 0 Å². The van der Waals surface area contributed by atoms with Gasteiger partial charge in [-0.3, -0.25) is 9.97 Å². The first-order valence-corrected chi connectivity index (χ1v) is 14.7. The molecule has 0 aliphatic carbocycles. The summed E-state index contributed by atoms with van der Waals surface area (Å²) in [5, 5.41) is 11.7. The van der Waals surface area contributed by atoms with Gasteiger partial charge in [0.1, 0.15) is 17.1 Å². The van der Waals surface area contributed by atoms with Crippen molar-refractivity contribution in [3.8, 4) is 50.8 Å². The first kappa shape index (κ1) is 28.4. The second kappa shape index (κ2) is 10.5. The zero-order valence-corrected chi connectivity index (χ0v) is 26.0. The first-order valence-electron chi connectivity index (χ1n) is 14.7. The molecule has 3 heterocycles. The van der Waals surface area contributed by atoms with Crippen molar-refractivity contribution in [2.24, 2.45) is 7.05 Å². The third-order valence-corrected chi connectivity index (χ3v) is 8.10. The van der Waals surface area contributed by atoms with E-state index in [9.17, 15) is 5.11 Å². The Labute approximate surface area is 253 Å². The largest absolute Gasteiger partial charge is 0.507 e. The molecular weight excluding hydrogens is 528 g/mol. The zero-order valence-electron chi connectivity index (χ0n) is 26.0. The Balaban J connectivity index is 1.60. The van der Waals surface area contributed by atoms with Crippen molar-refractivity contribution >= 4 is 11.0 Å². The van der Waals surface area contributed by atoms with Gasteiger partial charge in [0, 0.05) is 36.1 Å². The molecule has 6 rings (SSSR count). The smallest absolute Gasteiger partial charge is 0.144 e. The van der Waals surface area contributed by atoms with Crippen LogP contribution in [0.2, 0.25) is 0 Å². The predicted octanol–water partition coefficient (Wildman–Crippen LogP) is 9.33. The van der Waals surface area contributed by atoms with Crippen LogP contribution in [0.15, 0.2) is 97.3 Å². The molecule has 0 amide bonds. The predicted molar refractivity (Wildman–Crippen MR) is 177 cm³/mol. The Hall–Kier alpha value is -4.77. The molecule has 0 saturated carbocycles. The summed E-state index contributed by atoms with van der Waals surface area (Å²) in [5.74, 6) is 0.986. The average molecular weight is 567 g/mol. The second-order valence-corrected chi connectivity index (χ2v) is 13.3. The first-order chi connectivity index (χ1) is 20.4. The minimum absolute atomic E-state index is 0.0977. The molecule has 0 saturated heterocycles. The quantitative estimate of drug-likeness (QED) is 0.231. The number of aryl methyl sites for hydroxylation is 1. The van der Waals surface area contributed by atoms with E-state index in [4.69, 9.17) is 9.97 Å². The van der Waals surface area contributed by atoms with E-state index in [1.165, 1.54) is 0 Å². The molecule has 6 aromatic rings. The van der Waals surface area contributed by atoms with Crippen LogP contribution in [-0.2, 0) is 17.9 Å². The Morgan fingerprint density at radius 1 is 0.651 bits per heavy atom. The highest BCUT2D eigenvalue weighted by Gasteiger charge is 2.27. The summed E-state index contributed by atoms with van der Waals surface area (Å²) in [6.07, 6.45) is 3.66. The average Bonchev–Trinajstić information content (AvgIpc) is 3.33. The monoisotopic (exact) mass is 566 g/mol. The molecule has 0 fully saturated rings. The highest BCUT2D eigenvalue weighted by atomic mass is 16.3. The van der Waals surface area contributed by atoms with Crippen LogP contribution in [0.4, 0.5) is 0 Å². The lowest BCUT2D eigenvalue weighted by Gasteiger charge is -2.27. The van der Waals surface area contributed by atoms with Crippen LogP contribution in [0, 0.1) is 0 Å². The molecule has 0 radical (unpaired) electrons. The Kier molecular flexibility index (Phi) is 6.92. The normalized spacial score (nSPS) is 12.2. The molecule has 0 aliphatic rings. The summed E-state index contributed by atoms with van der Waals surface area (Å²) < 4.78 is 2.06. The van der Waals surface area contributed by atoms with Crippen molar-refractivity contribution in [1.82, 2.24) is 19.5 Å². The fourth-order valence-corrected chi connectivity index (χ4v) is 5.62. The number of hydrogen-bond donors (Lipinski definition) is 1. The Morgan fingerprint density at radius 3 is 2.02 bits per heavy atom. The molecular formula is C38H38N4O. The minimum atomic E-state index is -0.239. The number of nitrogens with zero attached hydrogens (tertiary/aromatic N) is 4. The number of phenolic OH excluding ortho intramolecular Hbond substituents is 1. The molecule has 216 valence electrons. The lowest BCUT2D eigenvalue weighted by molar-refractivity contribution is 0.446. The SMILES string of the molecule is Cn1c(-c2cc(C(C)(C)C)cc(C(C)(C)C)c2O)nc2c(-c3cc(-c4ccccc4)cc(-c4ccccn4)c3)nccc21. The highest BCUT2D eigenvalue weighted by Crippen LogP contribution is 2.43. The van der Waals surface area contributed by atoms with Gasteiger partial charge in [0.25, 0.3) is 0 Å². The molecule has 5 heteroatoms. The maximum atomic E-state index is 11.7. The van der Waals surface area contributed by atoms with Gasteiger partial charge in [-0.1, -0.05) is 84.0 Å².